The van der Waals surface area contributed by atoms with Crippen LogP contribution in [0.3, 0.4) is 0 Å². The maximum atomic E-state index is 10.5. The van der Waals surface area contributed by atoms with E-state index in [4.69, 9.17) is 5.11 Å². The zero-order chi connectivity index (χ0) is 15.0. The fraction of sp³-hybridized carbons (Fsp3) is 0.389. The second kappa shape index (κ2) is 8.36. The SMILES string of the molecule is CC1=C(/C=C/C(C)=C/C=C/C(C)=C/C(=O)O)CCCC1. The summed E-state index contributed by atoms with van der Waals surface area (Å²) in [4.78, 5) is 10.5. The van der Waals surface area contributed by atoms with E-state index in [1.165, 1.54) is 42.9 Å². The fourth-order valence-corrected chi connectivity index (χ4v) is 2.19. The first-order chi connectivity index (χ1) is 9.49. The van der Waals surface area contributed by atoms with Crippen LogP contribution in [0, 0.1) is 0 Å². The van der Waals surface area contributed by atoms with Gasteiger partial charge in [0.15, 0.2) is 0 Å². The molecule has 0 radical (unpaired) electrons. The van der Waals surface area contributed by atoms with Crippen molar-refractivity contribution in [2.75, 3.05) is 0 Å². The van der Waals surface area contributed by atoms with Gasteiger partial charge in [0.1, 0.15) is 0 Å². The van der Waals surface area contributed by atoms with Crippen molar-refractivity contribution in [3.63, 3.8) is 0 Å². The van der Waals surface area contributed by atoms with Crippen LogP contribution in [0.5, 0.6) is 0 Å². The van der Waals surface area contributed by atoms with Crippen LogP contribution >= 0.6 is 0 Å². The summed E-state index contributed by atoms with van der Waals surface area (Å²) in [5.41, 5.74) is 4.87. The Kier molecular flexibility index (Phi) is 6.78. The zero-order valence-corrected chi connectivity index (χ0v) is 12.6. The Bertz CT molecular complexity index is 500. The number of allylic oxidation sites excluding steroid dienone is 9. The number of carboxylic acids is 1. The van der Waals surface area contributed by atoms with Crippen LogP contribution in [-0.2, 0) is 4.79 Å². The normalized spacial score (nSPS) is 18.4. The van der Waals surface area contributed by atoms with Crippen molar-refractivity contribution in [3.8, 4) is 0 Å². The maximum absolute atomic E-state index is 10.5. The van der Waals surface area contributed by atoms with Crippen molar-refractivity contribution in [3.05, 3.63) is 58.7 Å². The molecule has 0 amide bonds. The van der Waals surface area contributed by atoms with Gasteiger partial charge in [-0.2, -0.15) is 0 Å². The second-order valence-corrected chi connectivity index (χ2v) is 5.34. The largest absolute Gasteiger partial charge is 0.478 e. The molecule has 0 heterocycles. The molecule has 2 heteroatoms. The summed E-state index contributed by atoms with van der Waals surface area (Å²) in [6.45, 7) is 6.05. The second-order valence-electron chi connectivity index (χ2n) is 5.34. The number of hydrogen-bond donors (Lipinski definition) is 1. The van der Waals surface area contributed by atoms with Gasteiger partial charge in [0.2, 0.25) is 0 Å². The molecule has 1 N–H and O–H groups in total. The average molecular weight is 272 g/mol. The first-order valence-electron chi connectivity index (χ1n) is 7.12. The summed E-state index contributed by atoms with van der Waals surface area (Å²) in [6.07, 6.45) is 16.2. The molecular weight excluding hydrogens is 248 g/mol. The lowest BCUT2D eigenvalue weighted by atomic mass is 9.92. The Balaban J connectivity index is 2.62. The number of aliphatic carboxylic acids is 1. The van der Waals surface area contributed by atoms with E-state index in [0.717, 1.165) is 11.1 Å². The van der Waals surface area contributed by atoms with Gasteiger partial charge in [0.25, 0.3) is 0 Å². The molecule has 0 saturated carbocycles. The lowest BCUT2D eigenvalue weighted by Gasteiger charge is -2.14. The van der Waals surface area contributed by atoms with Crippen molar-refractivity contribution in [2.45, 2.75) is 46.5 Å². The Labute approximate surface area is 121 Å². The quantitative estimate of drug-likeness (QED) is 0.567. The van der Waals surface area contributed by atoms with Crippen LogP contribution in [0.1, 0.15) is 46.5 Å². The van der Waals surface area contributed by atoms with Crippen molar-refractivity contribution < 1.29 is 9.90 Å². The summed E-state index contributed by atoms with van der Waals surface area (Å²) in [7, 11) is 0. The molecule has 0 aromatic heterocycles. The molecule has 0 bridgehead atoms. The van der Waals surface area contributed by atoms with Crippen LogP contribution in [0.4, 0.5) is 0 Å². The van der Waals surface area contributed by atoms with Gasteiger partial charge >= 0.3 is 5.97 Å². The number of carbonyl (C=O) groups is 1. The topological polar surface area (TPSA) is 37.3 Å². The summed E-state index contributed by atoms with van der Waals surface area (Å²) >= 11 is 0. The summed E-state index contributed by atoms with van der Waals surface area (Å²) < 4.78 is 0. The zero-order valence-electron chi connectivity index (χ0n) is 12.6. The van der Waals surface area contributed by atoms with Gasteiger partial charge < -0.3 is 5.11 Å². The first-order valence-corrected chi connectivity index (χ1v) is 7.12. The molecule has 0 atom stereocenters. The molecule has 0 saturated heterocycles. The Hall–Kier alpha value is -1.83. The lowest BCUT2D eigenvalue weighted by Crippen LogP contribution is -1.94. The summed E-state index contributed by atoms with van der Waals surface area (Å²) in [6, 6.07) is 0. The number of rotatable bonds is 5. The van der Waals surface area contributed by atoms with Crippen molar-refractivity contribution >= 4 is 5.97 Å². The number of carboxylic acid groups (broad SMARTS) is 1. The highest BCUT2D eigenvalue weighted by molar-refractivity contribution is 5.81. The average Bonchev–Trinajstić information content (AvgIpc) is 2.37. The van der Waals surface area contributed by atoms with E-state index in [1.807, 2.05) is 12.2 Å². The van der Waals surface area contributed by atoms with Crippen LogP contribution in [0.15, 0.2) is 58.7 Å². The van der Waals surface area contributed by atoms with Gasteiger partial charge in [0, 0.05) is 6.08 Å². The van der Waals surface area contributed by atoms with E-state index < -0.39 is 5.97 Å². The van der Waals surface area contributed by atoms with E-state index in [2.05, 4.69) is 26.0 Å². The molecule has 1 rings (SSSR count). The maximum Gasteiger partial charge on any atom is 0.328 e. The van der Waals surface area contributed by atoms with Crippen molar-refractivity contribution in [1.82, 2.24) is 0 Å². The third-order valence-electron chi connectivity index (χ3n) is 3.41. The molecular formula is C18H24O2. The highest BCUT2D eigenvalue weighted by atomic mass is 16.4. The van der Waals surface area contributed by atoms with Crippen LogP contribution in [-0.4, -0.2) is 11.1 Å². The van der Waals surface area contributed by atoms with E-state index >= 15 is 0 Å². The van der Waals surface area contributed by atoms with E-state index in [1.54, 1.807) is 13.0 Å². The van der Waals surface area contributed by atoms with Crippen LogP contribution in [0.25, 0.3) is 0 Å². The molecule has 1 aliphatic carbocycles. The predicted molar refractivity (Wildman–Crippen MR) is 84.6 cm³/mol. The molecule has 0 aromatic rings. The minimum Gasteiger partial charge on any atom is -0.478 e. The molecule has 0 unspecified atom stereocenters. The van der Waals surface area contributed by atoms with Gasteiger partial charge in [-0.05, 0) is 57.6 Å². The smallest absolute Gasteiger partial charge is 0.328 e. The molecule has 2 nitrogen and oxygen atoms in total. The minimum atomic E-state index is -0.910. The molecule has 20 heavy (non-hydrogen) atoms. The van der Waals surface area contributed by atoms with Gasteiger partial charge in [-0.25, -0.2) is 4.79 Å². The Morgan fingerprint density at radius 3 is 2.45 bits per heavy atom. The first kappa shape index (κ1) is 16.2. The van der Waals surface area contributed by atoms with Gasteiger partial charge in [-0.15, -0.1) is 0 Å². The summed E-state index contributed by atoms with van der Waals surface area (Å²) in [5.74, 6) is -0.910. The van der Waals surface area contributed by atoms with Gasteiger partial charge in [-0.1, -0.05) is 41.5 Å². The van der Waals surface area contributed by atoms with E-state index in [9.17, 15) is 4.79 Å². The molecule has 108 valence electrons. The Morgan fingerprint density at radius 2 is 1.80 bits per heavy atom. The van der Waals surface area contributed by atoms with E-state index in [-0.39, 0.29) is 0 Å². The minimum absolute atomic E-state index is 0.733. The highest BCUT2D eigenvalue weighted by Gasteiger charge is 2.05. The van der Waals surface area contributed by atoms with Crippen LogP contribution < -0.4 is 0 Å². The molecule has 1 aliphatic rings. The van der Waals surface area contributed by atoms with Gasteiger partial charge in [0.05, 0.1) is 0 Å². The highest BCUT2D eigenvalue weighted by Crippen LogP contribution is 2.25. The molecule has 0 aliphatic heterocycles. The third-order valence-corrected chi connectivity index (χ3v) is 3.41. The molecule has 0 fully saturated rings. The standard InChI is InChI=1S/C18H24O2/c1-14(7-6-8-15(2)13-18(19)20)11-12-17-10-5-4-9-16(17)3/h6-8,11-13H,4-5,9-10H2,1-3H3,(H,19,20)/b8-6+,12-11+,14-7+,15-13+. The molecule has 0 spiro atoms. The van der Waals surface area contributed by atoms with Crippen molar-refractivity contribution in [1.29, 1.82) is 0 Å². The monoisotopic (exact) mass is 272 g/mol. The number of hydrogen-bond acceptors (Lipinski definition) is 1. The van der Waals surface area contributed by atoms with Crippen LogP contribution in [0.2, 0.25) is 0 Å². The lowest BCUT2D eigenvalue weighted by molar-refractivity contribution is -0.131. The fourth-order valence-electron chi connectivity index (χ4n) is 2.19. The summed E-state index contributed by atoms with van der Waals surface area (Å²) in [5, 5.41) is 8.60. The van der Waals surface area contributed by atoms with Gasteiger partial charge in [-0.3, -0.25) is 0 Å². The van der Waals surface area contributed by atoms with E-state index in [0.29, 0.717) is 0 Å². The molecule has 0 aromatic carbocycles. The predicted octanol–water partition coefficient (Wildman–Crippen LogP) is 4.97. The third kappa shape index (κ3) is 6.37. The van der Waals surface area contributed by atoms with Crippen molar-refractivity contribution in [2.24, 2.45) is 0 Å². The Morgan fingerprint density at radius 1 is 1.10 bits per heavy atom.